The molecule has 0 aliphatic carbocycles. The smallest absolute Gasteiger partial charge is 0.159 e. The van der Waals surface area contributed by atoms with Gasteiger partial charge in [0.15, 0.2) is 11.6 Å². The van der Waals surface area contributed by atoms with Gasteiger partial charge in [-0.1, -0.05) is 22.9 Å². The standard InChI is InChI=1S/C9H9BrF2O/c1-2-9(13)5-3-7(11)8(12)4-6(5)10/h3-4,9,13H,2H2,1H3/t9-/m1/s1. The van der Waals surface area contributed by atoms with Crippen molar-refractivity contribution in [3.63, 3.8) is 0 Å². The third kappa shape index (κ3) is 2.25. The number of aliphatic hydroxyl groups is 1. The highest BCUT2D eigenvalue weighted by Crippen LogP contribution is 2.27. The van der Waals surface area contributed by atoms with E-state index < -0.39 is 17.7 Å². The van der Waals surface area contributed by atoms with Crippen molar-refractivity contribution in [1.29, 1.82) is 0 Å². The maximum Gasteiger partial charge on any atom is 0.159 e. The normalized spacial score (nSPS) is 13.0. The largest absolute Gasteiger partial charge is 0.388 e. The second-order valence-electron chi connectivity index (χ2n) is 2.71. The SMILES string of the molecule is CC[C@@H](O)c1cc(F)c(F)cc1Br. The van der Waals surface area contributed by atoms with Gasteiger partial charge in [-0.3, -0.25) is 0 Å². The van der Waals surface area contributed by atoms with Crippen molar-refractivity contribution in [2.24, 2.45) is 0 Å². The summed E-state index contributed by atoms with van der Waals surface area (Å²) in [4.78, 5) is 0. The zero-order valence-electron chi connectivity index (χ0n) is 7.02. The third-order valence-corrected chi connectivity index (χ3v) is 2.47. The molecule has 72 valence electrons. The summed E-state index contributed by atoms with van der Waals surface area (Å²) in [7, 11) is 0. The molecule has 1 N–H and O–H groups in total. The van der Waals surface area contributed by atoms with Crippen LogP contribution in [0.1, 0.15) is 25.0 Å². The van der Waals surface area contributed by atoms with Gasteiger partial charge in [0.25, 0.3) is 0 Å². The molecule has 0 heterocycles. The Bertz CT molecular complexity index is 315. The van der Waals surface area contributed by atoms with Crippen LogP contribution in [-0.2, 0) is 0 Å². The van der Waals surface area contributed by atoms with E-state index in [-0.39, 0.29) is 0 Å². The van der Waals surface area contributed by atoms with E-state index in [4.69, 9.17) is 0 Å². The minimum atomic E-state index is -0.939. The maximum atomic E-state index is 12.7. The first-order valence-corrected chi connectivity index (χ1v) is 4.68. The van der Waals surface area contributed by atoms with Gasteiger partial charge in [-0.25, -0.2) is 8.78 Å². The van der Waals surface area contributed by atoms with Gasteiger partial charge in [0, 0.05) is 4.47 Å². The molecule has 4 heteroatoms. The van der Waals surface area contributed by atoms with E-state index in [0.29, 0.717) is 16.5 Å². The van der Waals surface area contributed by atoms with Crippen LogP contribution in [0.3, 0.4) is 0 Å². The molecule has 0 fully saturated rings. The van der Waals surface area contributed by atoms with Gasteiger partial charge in [-0.2, -0.15) is 0 Å². The van der Waals surface area contributed by atoms with Crippen LogP contribution >= 0.6 is 15.9 Å². The second kappa shape index (κ2) is 4.15. The van der Waals surface area contributed by atoms with Gasteiger partial charge in [0.05, 0.1) is 6.10 Å². The fourth-order valence-corrected chi connectivity index (χ4v) is 1.59. The van der Waals surface area contributed by atoms with Crippen LogP contribution < -0.4 is 0 Å². The molecule has 1 atom stereocenters. The summed E-state index contributed by atoms with van der Waals surface area (Å²) in [6.45, 7) is 1.76. The van der Waals surface area contributed by atoms with E-state index in [1.165, 1.54) is 0 Å². The number of aliphatic hydroxyl groups excluding tert-OH is 1. The Morgan fingerprint density at radius 3 is 2.46 bits per heavy atom. The molecule has 0 unspecified atom stereocenters. The molecule has 13 heavy (non-hydrogen) atoms. The lowest BCUT2D eigenvalue weighted by Crippen LogP contribution is -1.99. The van der Waals surface area contributed by atoms with Crippen molar-refractivity contribution in [3.8, 4) is 0 Å². The molecule has 1 rings (SSSR count). The van der Waals surface area contributed by atoms with E-state index in [1.54, 1.807) is 6.92 Å². The summed E-state index contributed by atoms with van der Waals surface area (Å²) in [5, 5.41) is 9.41. The number of benzene rings is 1. The summed E-state index contributed by atoms with van der Waals surface area (Å²) < 4.78 is 25.8. The summed E-state index contributed by atoms with van der Waals surface area (Å²) in [5.74, 6) is -1.86. The molecule has 1 aromatic carbocycles. The highest BCUT2D eigenvalue weighted by molar-refractivity contribution is 9.10. The van der Waals surface area contributed by atoms with Crippen LogP contribution in [0.2, 0.25) is 0 Å². The zero-order valence-corrected chi connectivity index (χ0v) is 8.61. The lowest BCUT2D eigenvalue weighted by molar-refractivity contribution is 0.172. The first kappa shape index (κ1) is 10.6. The minimum Gasteiger partial charge on any atom is -0.388 e. The first-order chi connectivity index (χ1) is 6.06. The monoisotopic (exact) mass is 250 g/mol. The van der Waals surface area contributed by atoms with Gasteiger partial charge in [-0.05, 0) is 24.1 Å². The van der Waals surface area contributed by atoms with E-state index in [9.17, 15) is 13.9 Å². The van der Waals surface area contributed by atoms with E-state index >= 15 is 0 Å². The topological polar surface area (TPSA) is 20.2 Å². The third-order valence-electron chi connectivity index (χ3n) is 1.79. The van der Waals surface area contributed by atoms with Crippen molar-refractivity contribution in [3.05, 3.63) is 33.8 Å². The number of rotatable bonds is 2. The van der Waals surface area contributed by atoms with Crippen LogP contribution in [0.4, 0.5) is 8.78 Å². The fourth-order valence-electron chi connectivity index (χ4n) is 1.01. The predicted octanol–water partition coefficient (Wildman–Crippen LogP) is 3.17. The van der Waals surface area contributed by atoms with Crippen LogP contribution in [0.5, 0.6) is 0 Å². The molecule has 0 aliphatic heterocycles. The Labute approximate surface area is 83.5 Å². The Hall–Kier alpha value is -0.480. The maximum absolute atomic E-state index is 12.7. The van der Waals surface area contributed by atoms with Crippen molar-refractivity contribution in [2.45, 2.75) is 19.4 Å². The van der Waals surface area contributed by atoms with Crippen LogP contribution in [0.15, 0.2) is 16.6 Å². The average Bonchev–Trinajstić information content (AvgIpc) is 2.10. The Balaban J connectivity index is 3.15. The highest BCUT2D eigenvalue weighted by atomic mass is 79.9. The van der Waals surface area contributed by atoms with E-state index in [1.807, 2.05) is 0 Å². The minimum absolute atomic E-state index is 0.376. The number of hydrogen-bond donors (Lipinski definition) is 1. The lowest BCUT2D eigenvalue weighted by Gasteiger charge is -2.10. The van der Waals surface area contributed by atoms with Crippen molar-refractivity contribution < 1.29 is 13.9 Å². The quantitative estimate of drug-likeness (QED) is 0.800. The first-order valence-electron chi connectivity index (χ1n) is 3.88. The van der Waals surface area contributed by atoms with Crippen LogP contribution in [0, 0.1) is 11.6 Å². The molecule has 0 saturated heterocycles. The molecule has 0 saturated carbocycles. The van der Waals surface area contributed by atoms with E-state index in [0.717, 1.165) is 12.1 Å². The molecule has 0 aliphatic rings. The van der Waals surface area contributed by atoms with Crippen molar-refractivity contribution >= 4 is 15.9 Å². The molecular weight excluding hydrogens is 242 g/mol. The van der Waals surface area contributed by atoms with Gasteiger partial charge in [-0.15, -0.1) is 0 Å². The van der Waals surface area contributed by atoms with Crippen LogP contribution in [0.25, 0.3) is 0 Å². The lowest BCUT2D eigenvalue weighted by atomic mass is 10.1. The summed E-state index contributed by atoms with van der Waals surface area (Å²) in [6.07, 6.45) is -0.298. The molecule has 0 bridgehead atoms. The average molecular weight is 251 g/mol. The second-order valence-corrected chi connectivity index (χ2v) is 3.57. The van der Waals surface area contributed by atoms with Crippen LogP contribution in [-0.4, -0.2) is 5.11 Å². The summed E-state index contributed by atoms with van der Waals surface area (Å²) in [5.41, 5.74) is 0.376. The molecule has 1 nitrogen and oxygen atoms in total. The van der Waals surface area contributed by atoms with E-state index in [2.05, 4.69) is 15.9 Å². The van der Waals surface area contributed by atoms with Gasteiger partial charge >= 0.3 is 0 Å². The molecule has 0 amide bonds. The van der Waals surface area contributed by atoms with Gasteiger partial charge in [0.2, 0.25) is 0 Å². The number of hydrogen-bond acceptors (Lipinski definition) is 1. The molecule has 0 aromatic heterocycles. The van der Waals surface area contributed by atoms with Gasteiger partial charge in [0.1, 0.15) is 0 Å². The van der Waals surface area contributed by atoms with Crippen molar-refractivity contribution in [1.82, 2.24) is 0 Å². The van der Waals surface area contributed by atoms with Crippen molar-refractivity contribution in [2.75, 3.05) is 0 Å². The molecule has 1 aromatic rings. The Kier molecular flexibility index (Phi) is 3.39. The number of halogens is 3. The summed E-state index contributed by atoms with van der Waals surface area (Å²) >= 11 is 3.06. The predicted molar refractivity (Wildman–Crippen MR) is 49.3 cm³/mol. The fraction of sp³-hybridized carbons (Fsp3) is 0.333. The highest BCUT2D eigenvalue weighted by Gasteiger charge is 2.13. The Morgan fingerprint density at radius 1 is 1.38 bits per heavy atom. The molecule has 0 radical (unpaired) electrons. The molecule has 0 spiro atoms. The van der Waals surface area contributed by atoms with Gasteiger partial charge < -0.3 is 5.11 Å². The summed E-state index contributed by atoms with van der Waals surface area (Å²) in [6, 6.07) is 2.02. The zero-order chi connectivity index (χ0) is 10.0. The Morgan fingerprint density at radius 2 is 1.92 bits per heavy atom. The molecular formula is C9H9BrF2O.